The zero-order valence-electron chi connectivity index (χ0n) is 7.17. The van der Waals surface area contributed by atoms with Gasteiger partial charge in [0.1, 0.15) is 0 Å². The van der Waals surface area contributed by atoms with Crippen molar-refractivity contribution < 1.29 is 0 Å². The molecule has 66 valence electrons. The molecular weight excluding hydrogens is 283 g/mol. The highest BCUT2D eigenvalue weighted by Gasteiger charge is 2.24. The van der Waals surface area contributed by atoms with E-state index in [1.54, 1.807) is 0 Å². The fraction of sp³-hybridized carbons (Fsp3) is 0.625. The first-order valence-corrected chi connectivity index (χ1v) is 6.39. The van der Waals surface area contributed by atoms with E-state index in [1.165, 1.54) is 21.0 Å². The third kappa shape index (κ3) is 1.28. The van der Waals surface area contributed by atoms with Gasteiger partial charge in [0.15, 0.2) is 5.16 Å². The minimum atomic E-state index is 0.743. The monoisotopic (exact) mass is 294 g/mol. The van der Waals surface area contributed by atoms with E-state index in [4.69, 9.17) is 0 Å². The van der Waals surface area contributed by atoms with Crippen LogP contribution in [0.5, 0.6) is 0 Å². The van der Waals surface area contributed by atoms with Gasteiger partial charge in [0, 0.05) is 21.9 Å². The minimum Gasteiger partial charge on any atom is -0.322 e. The SMILES string of the molecule is Cc1nc2n(c1C)CC(CI)S2. The molecule has 2 heterocycles. The van der Waals surface area contributed by atoms with E-state index in [0.717, 1.165) is 11.8 Å². The molecule has 12 heavy (non-hydrogen) atoms. The molecule has 0 N–H and O–H groups in total. The van der Waals surface area contributed by atoms with Crippen LogP contribution in [0.25, 0.3) is 0 Å². The summed E-state index contributed by atoms with van der Waals surface area (Å²) in [5.74, 6) is 0. The molecule has 0 fully saturated rings. The zero-order chi connectivity index (χ0) is 8.72. The second-order valence-electron chi connectivity index (χ2n) is 3.07. The molecule has 0 aromatic carbocycles. The molecular formula is C8H11IN2S. The van der Waals surface area contributed by atoms with Crippen LogP contribution in [-0.2, 0) is 6.54 Å². The lowest BCUT2D eigenvalue weighted by atomic mass is 10.3. The predicted molar refractivity (Wildman–Crippen MR) is 60.2 cm³/mol. The number of aryl methyl sites for hydroxylation is 1. The molecule has 1 aromatic heterocycles. The van der Waals surface area contributed by atoms with Crippen molar-refractivity contribution in [2.45, 2.75) is 30.8 Å². The number of alkyl halides is 1. The molecule has 1 aliphatic rings. The van der Waals surface area contributed by atoms with Crippen molar-refractivity contribution in [3.63, 3.8) is 0 Å². The first kappa shape index (κ1) is 8.87. The Hall–Kier alpha value is 0.290. The normalized spacial score (nSPS) is 21.4. The van der Waals surface area contributed by atoms with Crippen LogP contribution in [-0.4, -0.2) is 19.2 Å². The Bertz CT molecular complexity index is 308. The number of fused-ring (bicyclic) bond motifs is 1. The van der Waals surface area contributed by atoms with Gasteiger partial charge < -0.3 is 4.57 Å². The first-order valence-electron chi connectivity index (χ1n) is 3.98. The maximum absolute atomic E-state index is 4.51. The van der Waals surface area contributed by atoms with Crippen molar-refractivity contribution in [3.8, 4) is 0 Å². The van der Waals surface area contributed by atoms with Crippen LogP contribution in [0.3, 0.4) is 0 Å². The summed E-state index contributed by atoms with van der Waals surface area (Å²) < 4.78 is 3.55. The van der Waals surface area contributed by atoms with Crippen molar-refractivity contribution in [2.75, 3.05) is 4.43 Å². The van der Waals surface area contributed by atoms with Crippen molar-refractivity contribution in [1.82, 2.24) is 9.55 Å². The Morgan fingerprint density at radius 2 is 2.42 bits per heavy atom. The number of nitrogens with zero attached hydrogens (tertiary/aromatic N) is 2. The molecule has 0 amide bonds. The molecule has 1 aromatic rings. The van der Waals surface area contributed by atoms with E-state index in [2.05, 4.69) is 46.0 Å². The number of halogens is 1. The van der Waals surface area contributed by atoms with Crippen LogP contribution in [0.1, 0.15) is 11.4 Å². The molecule has 0 radical (unpaired) electrons. The molecule has 0 spiro atoms. The van der Waals surface area contributed by atoms with Gasteiger partial charge in [0.25, 0.3) is 0 Å². The zero-order valence-corrected chi connectivity index (χ0v) is 10.1. The number of imidazole rings is 1. The summed E-state index contributed by atoms with van der Waals surface area (Å²) in [6.07, 6.45) is 0. The summed E-state index contributed by atoms with van der Waals surface area (Å²) in [6, 6.07) is 0. The van der Waals surface area contributed by atoms with Crippen LogP contribution in [0.15, 0.2) is 5.16 Å². The smallest absolute Gasteiger partial charge is 0.168 e. The Labute approximate surface area is 90.3 Å². The predicted octanol–water partition coefficient (Wildman–Crippen LogP) is 2.41. The van der Waals surface area contributed by atoms with Crippen molar-refractivity contribution in [3.05, 3.63) is 11.4 Å². The standard InChI is InChI=1S/C8H11IN2S/c1-5-6(2)11-4-7(3-9)12-8(11)10-5/h7H,3-4H2,1-2H3. The van der Waals surface area contributed by atoms with Crippen molar-refractivity contribution in [1.29, 1.82) is 0 Å². The highest BCUT2D eigenvalue weighted by Crippen LogP contribution is 2.34. The van der Waals surface area contributed by atoms with Crippen molar-refractivity contribution in [2.24, 2.45) is 0 Å². The summed E-state index contributed by atoms with van der Waals surface area (Å²) in [5.41, 5.74) is 2.52. The average molecular weight is 294 g/mol. The Morgan fingerprint density at radius 3 is 3.00 bits per heavy atom. The summed E-state index contributed by atoms with van der Waals surface area (Å²) >= 11 is 4.36. The van der Waals surface area contributed by atoms with Gasteiger partial charge in [-0.1, -0.05) is 34.4 Å². The molecule has 4 heteroatoms. The molecule has 1 aliphatic heterocycles. The quantitative estimate of drug-likeness (QED) is 0.585. The molecule has 1 atom stereocenters. The fourth-order valence-corrected chi connectivity index (χ4v) is 3.33. The molecule has 1 unspecified atom stereocenters. The molecule has 0 aliphatic carbocycles. The average Bonchev–Trinajstić information content (AvgIpc) is 2.55. The van der Waals surface area contributed by atoms with Crippen LogP contribution in [0.2, 0.25) is 0 Å². The highest BCUT2D eigenvalue weighted by molar-refractivity contribution is 14.1. The lowest BCUT2D eigenvalue weighted by molar-refractivity contribution is 0.656. The second kappa shape index (κ2) is 3.21. The topological polar surface area (TPSA) is 17.8 Å². The van der Waals surface area contributed by atoms with Gasteiger partial charge in [0.05, 0.1) is 5.69 Å². The number of hydrogen-bond donors (Lipinski definition) is 0. The Morgan fingerprint density at radius 1 is 1.67 bits per heavy atom. The van der Waals surface area contributed by atoms with Gasteiger partial charge in [-0.05, 0) is 13.8 Å². The van der Waals surface area contributed by atoms with Crippen LogP contribution >= 0.6 is 34.4 Å². The number of aromatic nitrogens is 2. The minimum absolute atomic E-state index is 0.743. The highest BCUT2D eigenvalue weighted by atomic mass is 127. The Balaban J connectivity index is 2.33. The van der Waals surface area contributed by atoms with Crippen molar-refractivity contribution >= 4 is 34.4 Å². The summed E-state index contributed by atoms with van der Waals surface area (Å²) in [7, 11) is 0. The number of rotatable bonds is 1. The molecule has 2 nitrogen and oxygen atoms in total. The lowest BCUT2D eigenvalue weighted by Crippen LogP contribution is -2.07. The third-order valence-corrected chi connectivity index (χ3v) is 5.09. The second-order valence-corrected chi connectivity index (χ2v) is 5.22. The van der Waals surface area contributed by atoms with E-state index < -0.39 is 0 Å². The van der Waals surface area contributed by atoms with E-state index >= 15 is 0 Å². The van der Waals surface area contributed by atoms with Crippen LogP contribution in [0, 0.1) is 13.8 Å². The lowest BCUT2D eigenvalue weighted by Gasteiger charge is -2.03. The van der Waals surface area contributed by atoms with E-state index in [-0.39, 0.29) is 0 Å². The number of hydrogen-bond acceptors (Lipinski definition) is 2. The van der Waals surface area contributed by atoms with Gasteiger partial charge in [-0.3, -0.25) is 0 Å². The van der Waals surface area contributed by atoms with E-state index in [1.807, 2.05) is 11.8 Å². The summed E-state index contributed by atoms with van der Waals surface area (Å²) in [5, 5.41) is 1.96. The van der Waals surface area contributed by atoms with Gasteiger partial charge in [-0.25, -0.2) is 4.98 Å². The molecule has 0 saturated carbocycles. The largest absolute Gasteiger partial charge is 0.322 e. The van der Waals surface area contributed by atoms with Gasteiger partial charge in [-0.15, -0.1) is 0 Å². The third-order valence-electron chi connectivity index (χ3n) is 2.25. The van der Waals surface area contributed by atoms with Gasteiger partial charge >= 0.3 is 0 Å². The summed E-state index contributed by atoms with van der Waals surface area (Å²) in [4.78, 5) is 4.51. The first-order chi connectivity index (χ1) is 5.72. The number of thioether (sulfide) groups is 1. The van der Waals surface area contributed by atoms with Crippen LogP contribution in [0.4, 0.5) is 0 Å². The molecule has 2 rings (SSSR count). The maximum Gasteiger partial charge on any atom is 0.168 e. The maximum atomic E-state index is 4.51. The fourth-order valence-electron chi connectivity index (χ4n) is 1.40. The van der Waals surface area contributed by atoms with E-state index in [0.29, 0.717) is 0 Å². The van der Waals surface area contributed by atoms with Gasteiger partial charge in [0.2, 0.25) is 0 Å². The van der Waals surface area contributed by atoms with Gasteiger partial charge in [-0.2, -0.15) is 0 Å². The van der Waals surface area contributed by atoms with E-state index in [9.17, 15) is 0 Å². The molecule has 0 bridgehead atoms. The van der Waals surface area contributed by atoms with Crippen LogP contribution < -0.4 is 0 Å². The summed E-state index contributed by atoms with van der Waals surface area (Å²) in [6.45, 7) is 5.39. The molecule has 0 saturated heterocycles. The Kier molecular flexibility index (Phi) is 2.37.